The Morgan fingerprint density at radius 3 is 2.64 bits per heavy atom. The SMILES string of the molecule is COc1c(Cl)cccc1Nc1cc(Nc2ccc(N3CCCC3)cn2)nc2[nH]n(C)c(=O)c12. The van der Waals surface area contributed by atoms with E-state index in [1.807, 2.05) is 24.4 Å². The van der Waals surface area contributed by atoms with E-state index in [4.69, 9.17) is 16.3 Å². The van der Waals surface area contributed by atoms with Gasteiger partial charge in [-0.05, 0) is 37.1 Å². The molecule has 1 saturated heterocycles. The molecule has 3 aromatic heterocycles. The molecular formula is C23H24ClN7O2. The number of benzene rings is 1. The van der Waals surface area contributed by atoms with E-state index in [2.05, 4.69) is 36.7 Å². The second-order valence-electron chi connectivity index (χ2n) is 7.92. The van der Waals surface area contributed by atoms with Gasteiger partial charge in [-0.3, -0.25) is 14.6 Å². The summed E-state index contributed by atoms with van der Waals surface area (Å²) < 4.78 is 6.84. The van der Waals surface area contributed by atoms with Crippen LogP contribution in [-0.4, -0.2) is 39.9 Å². The van der Waals surface area contributed by atoms with Gasteiger partial charge >= 0.3 is 0 Å². The van der Waals surface area contributed by atoms with Crippen LogP contribution in [0, 0.1) is 0 Å². The molecule has 33 heavy (non-hydrogen) atoms. The second kappa shape index (κ2) is 8.67. The summed E-state index contributed by atoms with van der Waals surface area (Å²) in [4.78, 5) is 24.2. The maximum absolute atomic E-state index is 12.8. The number of hydrogen-bond acceptors (Lipinski definition) is 7. The minimum absolute atomic E-state index is 0.194. The number of nitrogens with zero attached hydrogens (tertiary/aromatic N) is 4. The fourth-order valence-electron chi connectivity index (χ4n) is 4.10. The number of methoxy groups -OCH3 is 1. The molecule has 1 aliphatic rings. The number of pyridine rings is 2. The summed E-state index contributed by atoms with van der Waals surface area (Å²) in [6.45, 7) is 2.13. The van der Waals surface area contributed by atoms with Gasteiger partial charge in [-0.25, -0.2) is 9.97 Å². The Balaban J connectivity index is 1.50. The van der Waals surface area contributed by atoms with Gasteiger partial charge < -0.3 is 20.3 Å². The van der Waals surface area contributed by atoms with Crippen LogP contribution in [0.3, 0.4) is 0 Å². The molecule has 1 aliphatic heterocycles. The molecule has 0 radical (unpaired) electrons. The Bertz CT molecular complexity index is 1360. The number of ether oxygens (including phenoxy) is 1. The predicted molar refractivity (Wildman–Crippen MR) is 132 cm³/mol. The van der Waals surface area contributed by atoms with E-state index in [9.17, 15) is 4.79 Å². The summed E-state index contributed by atoms with van der Waals surface area (Å²) in [5, 5.41) is 10.4. The molecule has 0 unspecified atom stereocenters. The highest BCUT2D eigenvalue weighted by Gasteiger charge is 2.17. The first-order valence-electron chi connectivity index (χ1n) is 10.7. The lowest BCUT2D eigenvalue weighted by Crippen LogP contribution is -2.17. The molecule has 5 rings (SSSR count). The van der Waals surface area contributed by atoms with Crippen LogP contribution in [0.1, 0.15) is 12.8 Å². The first kappa shape index (κ1) is 21.1. The van der Waals surface area contributed by atoms with Crippen molar-refractivity contribution in [3.8, 4) is 5.75 Å². The van der Waals surface area contributed by atoms with E-state index in [-0.39, 0.29) is 5.56 Å². The van der Waals surface area contributed by atoms with Crippen LogP contribution in [0.25, 0.3) is 11.0 Å². The topological polar surface area (TPSA) is 100 Å². The van der Waals surface area contributed by atoms with Crippen molar-refractivity contribution in [3.63, 3.8) is 0 Å². The highest BCUT2D eigenvalue weighted by Crippen LogP contribution is 2.36. The lowest BCUT2D eigenvalue weighted by molar-refractivity contribution is 0.417. The minimum Gasteiger partial charge on any atom is -0.493 e. The van der Waals surface area contributed by atoms with Gasteiger partial charge in [0.15, 0.2) is 11.4 Å². The zero-order valence-electron chi connectivity index (χ0n) is 18.4. The summed E-state index contributed by atoms with van der Waals surface area (Å²) >= 11 is 6.27. The minimum atomic E-state index is -0.194. The number of hydrogen-bond donors (Lipinski definition) is 3. The molecule has 9 nitrogen and oxygen atoms in total. The highest BCUT2D eigenvalue weighted by molar-refractivity contribution is 6.32. The molecular weight excluding hydrogens is 442 g/mol. The Kier molecular flexibility index (Phi) is 5.55. The first-order valence-corrected chi connectivity index (χ1v) is 11.1. The lowest BCUT2D eigenvalue weighted by Gasteiger charge is -2.17. The van der Waals surface area contributed by atoms with Gasteiger partial charge in [-0.15, -0.1) is 0 Å². The number of anilines is 5. The molecule has 0 amide bonds. The van der Waals surface area contributed by atoms with Crippen molar-refractivity contribution in [3.05, 3.63) is 58.0 Å². The molecule has 0 atom stereocenters. The summed E-state index contributed by atoms with van der Waals surface area (Å²) in [5.74, 6) is 1.69. The fourth-order valence-corrected chi connectivity index (χ4v) is 4.35. The van der Waals surface area contributed by atoms with E-state index in [1.165, 1.54) is 17.5 Å². The Hall–Kier alpha value is -3.72. The number of aryl methyl sites for hydroxylation is 1. The summed E-state index contributed by atoms with van der Waals surface area (Å²) in [6, 6.07) is 11.1. The molecule has 0 aliphatic carbocycles. The smallest absolute Gasteiger partial charge is 0.277 e. The molecule has 1 fully saturated rings. The van der Waals surface area contributed by atoms with Gasteiger partial charge in [0.1, 0.15) is 17.0 Å². The number of halogens is 1. The van der Waals surface area contributed by atoms with Crippen LogP contribution >= 0.6 is 11.6 Å². The third-order valence-electron chi connectivity index (χ3n) is 5.73. The van der Waals surface area contributed by atoms with Gasteiger partial charge in [0, 0.05) is 26.2 Å². The Morgan fingerprint density at radius 1 is 1.09 bits per heavy atom. The summed E-state index contributed by atoms with van der Waals surface area (Å²) in [5.41, 5.74) is 2.58. The van der Waals surface area contributed by atoms with E-state index in [0.717, 1.165) is 18.8 Å². The third-order valence-corrected chi connectivity index (χ3v) is 6.02. The van der Waals surface area contributed by atoms with Crippen molar-refractivity contribution in [1.29, 1.82) is 0 Å². The van der Waals surface area contributed by atoms with Crippen LogP contribution in [0.5, 0.6) is 5.75 Å². The average molecular weight is 466 g/mol. The molecule has 0 bridgehead atoms. The Labute approximate surface area is 195 Å². The number of para-hydroxylation sites is 1. The molecule has 10 heteroatoms. The van der Waals surface area contributed by atoms with Crippen LogP contribution < -0.4 is 25.8 Å². The maximum atomic E-state index is 12.8. The number of aromatic amines is 1. The van der Waals surface area contributed by atoms with Crippen molar-refractivity contribution >= 4 is 51.3 Å². The third kappa shape index (κ3) is 4.07. The van der Waals surface area contributed by atoms with E-state index < -0.39 is 0 Å². The maximum Gasteiger partial charge on any atom is 0.277 e. The average Bonchev–Trinajstić information content (AvgIpc) is 3.43. The van der Waals surface area contributed by atoms with Crippen molar-refractivity contribution < 1.29 is 4.74 Å². The quantitative estimate of drug-likeness (QED) is 0.388. The molecule has 4 aromatic rings. The molecule has 0 spiro atoms. The van der Waals surface area contributed by atoms with Crippen LogP contribution in [0.15, 0.2) is 47.4 Å². The van der Waals surface area contributed by atoms with Gasteiger partial charge in [-0.2, -0.15) is 0 Å². The second-order valence-corrected chi connectivity index (χ2v) is 8.33. The number of fused-ring (bicyclic) bond motifs is 1. The van der Waals surface area contributed by atoms with E-state index in [1.54, 1.807) is 26.3 Å². The van der Waals surface area contributed by atoms with Crippen molar-refractivity contribution in [2.75, 3.05) is 35.7 Å². The van der Waals surface area contributed by atoms with Crippen LogP contribution in [0.2, 0.25) is 5.02 Å². The highest BCUT2D eigenvalue weighted by atomic mass is 35.5. The normalized spacial score (nSPS) is 13.5. The van der Waals surface area contributed by atoms with Gasteiger partial charge in [0.2, 0.25) is 0 Å². The number of rotatable bonds is 6. The standard InChI is InChI=1S/C23H24ClN7O2/c1-30-23(32)20-17(26-16-7-5-6-15(24)21(16)33-2)12-19(28-22(20)29-30)27-18-9-8-14(13-25-18)31-10-3-4-11-31/h5-9,12-13H,3-4,10-11H2,1-2H3,(H3,25,26,27,28,29). The molecule has 170 valence electrons. The van der Waals surface area contributed by atoms with E-state index >= 15 is 0 Å². The summed E-state index contributed by atoms with van der Waals surface area (Å²) in [6.07, 6.45) is 4.30. The van der Waals surface area contributed by atoms with E-state index in [0.29, 0.717) is 44.8 Å². The van der Waals surface area contributed by atoms with Crippen LogP contribution in [-0.2, 0) is 7.05 Å². The number of nitrogens with one attached hydrogen (secondary N) is 3. The predicted octanol–water partition coefficient (Wildman–Crippen LogP) is 4.41. The van der Waals surface area contributed by atoms with Gasteiger partial charge in [0.05, 0.1) is 35.4 Å². The monoisotopic (exact) mass is 465 g/mol. The first-order chi connectivity index (χ1) is 16.0. The number of H-pyrrole nitrogens is 1. The fraction of sp³-hybridized carbons (Fsp3) is 0.261. The largest absolute Gasteiger partial charge is 0.493 e. The molecule has 0 saturated carbocycles. The van der Waals surface area contributed by atoms with Gasteiger partial charge in [-0.1, -0.05) is 17.7 Å². The van der Waals surface area contributed by atoms with Crippen molar-refractivity contribution in [2.45, 2.75) is 12.8 Å². The van der Waals surface area contributed by atoms with Crippen molar-refractivity contribution in [1.82, 2.24) is 19.7 Å². The zero-order valence-corrected chi connectivity index (χ0v) is 19.1. The Morgan fingerprint density at radius 2 is 1.91 bits per heavy atom. The van der Waals surface area contributed by atoms with Crippen LogP contribution in [0.4, 0.5) is 28.7 Å². The summed E-state index contributed by atoms with van der Waals surface area (Å²) in [7, 11) is 3.20. The van der Waals surface area contributed by atoms with Gasteiger partial charge in [0.25, 0.3) is 5.56 Å². The van der Waals surface area contributed by atoms with Crippen molar-refractivity contribution in [2.24, 2.45) is 7.05 Å². The zero-order chi connectivity index (χ0) is 22.9. The number of aromatic nitrogens is 4. The molecule has 4 heterocycles. The lowest BCUT2D eigenvalue weighted by atomic mass is 10.2. The molecule has 1 aromatic carbocycles. The molecule has 3 N–H and O–H groups in total.